The Morgan fingerprint density at radius 3 is 1.79 bits per heavy atom. The van der Waals surface area contributed by atoms with E-state index in [0.717, 1.165) is 0 Å². The normalized spacial score (nSPS) is 21.5. The van der Waals surface area contributed by atoms with Gasteiger partial charge in [-0.25, -0.2) is 8.42 Å². The van der Waals surface area contributed by atoms with Crippen molar-refractivity contribution in [1.29, 1.82) is 10.5 Å². The van der Waals surface area contributed by atoms with Gasteiger partial charge < -0.3 is 0 Å². The van der Waals surface area contributed by atoms with Crippen LogP contribution in [-0.4, -0.2) is 13.7 Å². The molecule has 0 spiro atoms. The molecule has 0 N–H and O–H groups in total. The van der Waals surface area contributed by atoms with Gasteiger partial charge in [-0.05, 0) is 42.0 Å². The molecule has 0 aliphatic heterocycles. The summed E-state index contributed by atoms with van der Waals surface area (Å²) in [4.78, 5) is 0.0447. The minimum absolute atomic E-state index is 0.0447. The van der Waals surface area contributed by atoms with Gasteiger partial charge in [0.1, 0.15) is 5.25 Å². The first kappa shape index (κ1) is 16.8. The number of hydrogen-bond acceptors (Lipinski definition) is 4. The second kappa shape index (κ2) is 5.79. The highest BCUT2D eigenvalue weighted by molar-refractivity contribution is 7.92. The molecule has 2 aromatic carbocycles. The first-order valence-electron chi connectivity index (χ1n) is 6.94. The largest absolute Gasteiger partial charge is 0.223 e. The van der Waals surface area contributed by atoms with Gasteiger partial charge in [-0.15, -0.1) is 0 Å². The summed E-state index contributed by atoms with van der Waals surface area (Å²) in [6.45, 7) is 0. The number of rotatable bonds is 3. The van der Waals surface area contributed by atoms with Gasteiger partial charge in [0.2, 0.25) is 0 Å². The van der Waals surface area contributed by atoms with Crippen LogP contribution in [0.1, 0.15) is 11.5 Å². The molecule has 7 heteroatoms. The summed E-state index contributed by atoms with van der Waals surface area (Å²) >= 11 is 11.6. The molecule has 0 radical (unpaired) electrons. The van der Waals surface area contributed by atoms with E-state index in [9.17, 15) is 18.9 Å². The predicted molar refractivity (Wildman–Crippen MR) is 90.3 cm³/mol. The van der Waals surface area contributed by atoms with E-state index in [4.69, 9.17) is 23.2 Å². The predicted octanol–water partition coefficient (Wildman–Crippen LogP) is 3.97. The standard InChI is InChI=1S/C17H10Cl2N2O2S/c18-12-3-1-11(2-4-12)15-16(17(15,9-20)10-21)24(22,23)14-7-5-13(19)6-8-14/h1-8,15-16H. The summed E-state index contributed by atoms with van der Waals surface area (Å²) < 4.78 is 25.8. The maximum Gasteiger partial charge on any atom is 0.184 e. The summed E-state index contributed by atoms with van der Waals surface area (Å²) in [6.07, 6.45) is 0. The lowest BCUT2D eigenvalue weighted by Gasteiger charge is -2.04. The van der Waals surface area contributed by atoms with Crippen LogP contribution in [-0.2, 0) is 9.84 Å². The third kappa shape index (κ3) is 2.46. The van der Waals surface area contributed by atoms with E-state index < -0.39 is 26.4 Å². The highest BCUT2D eigenvalue weighted by Gasteiger charge is 2.73. The fraction of sp³-hybridized carbons (Fsp3) is 0.176. The number of sulfone groups is 1. The zero-order chi connectivity index (χ0) is 17.5. The highest BCUT2D eigenvalue weighted by atomic mass is 35.5. The fourth-order valence-corrected chi connectivity index (χ4v) is 5.40. The Kier molecular flexibility index (Phi) is 4.05. The van der Waals surface area contributed by atoms with Crippen LogP contribution in [0.3, 0.4) is 0 Å². The van der Waals surface area contributed by atoms with Crippen LogP contribution in [0.15, 0.2) is 53.4 Å². The lowest BCUT2D eigenvalue weighted by Crippen LogP contribution is -2.14. The van der Waals surface area contributed by atoms with Crippen molar-refractivity contribution in [2.75, 3.05) is 0 Å². The Hall–Kier alpha value is -2.05. The highest BCUT2D eigenvalue weighted by Crippen LogP contribution is 2.63. The van der Waals surface area contributed by atoms with E-state index >= 15 is 0 Å². The van der Waals surface area contributed by atoms with E-state index in [2.05, 4.69) is 0 Å². The van der Waals surface area contributed by atoms with Crippen molar-refractivity contribution in [1.82, 2.24) is 0 Å². The average Bonchev–Trinajstić information content (AvgIpc) is 3.26. The van der Waals surface area contributed by atoms with Crippen LogP contribution in [0.4, 0.5) is 0 Å². The second-order valence-corrected chi connectivity index (χ2v) is 8.48. The molecule has 4 nitrogen and oxygen atoms in total. The van der Waals surface area contributed by atoms with Crippen molar-refractivity contribution in [3.63, 3.8) is 0 Å². The van der Waals surface area contributed by atoms with Gasteiger partial charge in [0.15, 0.2) is 15.3 Å². The minimum atomic E-state index is -3.86. The molecular weight excluding hydrogens is 367 g/mol. The summed E-state index contributed by atoms with van der Waals surface area (Å²) in [5.74, 6) is -0.717. The summed E-state index contributed by atoms with van der Waals surface area (Å²) in [6, 6.07) is 16.0. The molecule has 0 heterocycles. The molecule has 0 saturated heterocycles. The first-order chi connectivity index (χ1) is 11.4. The fourth-order valence-electron chi connectivity index (χ4n) is 2.95. The molecule has 24 heavy (non-hydrogen) atoms. The molecule has 1 saturated carbocycles. The third-order valence-corrected chi connectivity index (χ3v) is 6.95. The molecule has 2 unspecified atom stereocenters. The molecule has 0 amide bonds. The van der Waals surface area contributed by atoms with Crippen LogP contribution >= 0.6 is 23.2 Å². The van der Waals surface area contributed by atoms with Gasteiger partial charge in [-0.2, -0.15) is 10.5 Å². The van der Waals surface area contributed by atoms with E-state index in [1.165, 1.54) is 24.3 Å². The van der Waals surface area contributed by atoms with Gasteiger partial charge in [0, 0.05) is 16.0 Å². The van der Waals surface area contributed by atoms with Gasteiger partial charge in [-0.1, -0.05) is 35.3 Å². The molecule has 2 atom stereocenters. The average molecular weight is 377 g/mol. The maximum absolute atomic E-state index is 12.9. The molecule has 1 aliphatic rings. The number of benzene rings is 2. The zero-order valence-corrected chi connectivity index (χ0v) is 14.5. The van der Waals surface area contributed by atoms with Crippen molar-refractivity contribution >= 4 is 33.0 Å². The molecule has 1 fully saturated rings. The van der Waals surface area contributed by atoms with E-state index in [1.807, 2.05) is 12.1 Å². The first-order valence-corrected chi connectivity index (χ1v) is 9.24. The minimum Gasteiger partial charge on any atom is -0.223 e. The Bertz CT molecular complexity index is 957. The monoisotopic (exact) mass is 376 g/mol. The van der Waals surface area contributed by atoms with Crippen molar-refractivity contribution in [2.24, 2.45) is 5.41 Å². The Labute approximate surface area is 149 Å². The molecule has 1 aliphatic carbocycles. The van der Waals surface area contributed by atoms with Crippen LogP contribution in [0.2, 0.25) is 10.0 Å². The van der Waals surface area contributed by atoms with Crippen LogP contribution < -0.4 is 0 Å². The Morgan fingerprint density at radius 2 is 1.33 bits per heavy atom. The molecule has 120 valence electrons. The summed E-state index contributed by atoms with van der Waals surface area (Å²) in [5.41, 5.74) is -1.00. The SMILES string of the molecule is N#CC1(C#N)C(c2ccc(Cl)cc2)C1S(=O)(=O)c1ccc(Cl)cc1. The lowest BCUT2D eigenvalue weighted by atomic mass is 10.0. The maximum atomic E-state index is 12.9. The molecule has 0 aromatic heterocycles. The Morgan fingerprint density at radius 1 is 0.875 bits per heavy atom. The number of nitriles is 2. The topological polar surface area (TPSA) is 81.7 Å². The third-order valence-electron chi connectivity index (χ3n) is 4.21. The number of nitrogens with zero attached hydrogens (tertiary/aromatic N) is 2. The van der Waals surface area contributed by atoms with Gasteiger partial charge in [0.05, 0.1) is 17.0 Å². The zero-order valence-electron chi connectivity index (χ0n) is 12.1. The van der Waals surface area contributed by atoms with Crippen molar-refractivity contribution in [3.8, 4) is 12.1 Å². The molecule has 2 aromatic rings. The van der Waals surface area contributed by atoms with E-state index in [-0.39, 0.29) is 4.90 Å². The smallest absolute Gasteiger partial charge is 0.184 e. The van der Waals surface area contributed by atoms with Crippen LogP contribution in [0, 0.1) is 28.1 Å². The molecule has 3 rings (SSSR count). The lowest BCUT2D eigenvalue weighted by molar-refractivity contribution is 0.591. The number of halogens is 2. The van der Waals surface area contributed by atoms with Crippen molar-refractivity contribution < 1.29 is 8.42 Å². The Balaban J connectivity index is 2.09. The van der Waals surface area contributed by atoms with Crippen molar-refractivity contribution in [3.05, 3.63) is 64.1 Å². The van der Waals surface area contributed by atoms with Crippen molar-refractivity contribution in [2.45, 2.75) is 16.1 Å². The van der Waals surface area contributed by atoms with E-state index in [1.54, 1.807) is 24.3 Å². The van der Waals surface area contributed by atoms with E-state index in [0.29, 0.717) is 15.6 Å². The number of hydrogen-bond donors (Lipinski definition) is 0. The van der Waals surface area contributed by atoms with Crippen LogP contribution in [0.5, 0.6) is 0 Å². The molecular formula is C17H10Cl2N2O2S. The van der Waals surface area contributed by atoms with Gasteiger partial charge in [-0.3, -0.25) is 0 Å². The summed E-state index contributed by atoms with van der Waals surface area (Å²) in [7, 11) is -3.86. The molecule has 0 bridgehead atoms. The summed E-state index contributed by atoms with van der Waals surface area (Å²) in [5, 5.41) is 18.7. The van der Waals surface area contributed by atoms with Gasteiger partial charge >= 0.3 is 0 Å². The quantitative estimate of drug-likeness (QED) is 0.811. The van der Waals surface area contributed by atoms with Crippen LogP contribution in [0.25, 0.3) is 0 Å². The second-order valence-electron chi connectivity index (χ2n) is 5.54. The van der Waals surface area contributed by atoms with Gasteiger partial charge in [0.25, 0.3) is 0 Å².